The van der Waals surface area contributed by atoms with Crippen molar-refractivity contribution in [3.05, 3.63) is 48.0 Å². The van der Waals surface area contributed by atoms with E-state index in [9.17, 15) is 19.5 Å². The van der Waals surface area contributed by atoms with Crippen LogP contribution in [-0.2, 0) is 19.1 Å². The Kier molecular flexibility index (Phi) is 10.7. The van der Waals surface area contributed by atoms with Crippen LogP contribution < -0.4 is 5.32 Å². The van der Waals surface area contributed by atoms with Gasteiger partial charge in [-0.15, -0.1) is 0 Å². The Morgan fingerprint density at radius 2 is 1.51 bits per heavy atom. The van der Waals surface area contributed by atoms with Crippen LogP contribution in [0.5, 0.6) is 0 Å². The standard InChI is InChI=1S/C19H27NO4.C11H18O2/c1-12-10-14(12)16(17(22)18(23)24-19(2,3)4)20-11-15(21)13-8-6-5-7-9-13;1-8-7-9(8)5-6-10(12)13-11(2,3)4/h5-9,12,14,16-17,20,22H,10-11H2,1-4H3;5-6,8-9H,7H2,1-4H3/b;6-5+/t12-,14-,16-,17+;8-,9-/m00/s1. The van der Waals surface area contributed by atoms with Gasteiger partial charge in [-0.1, -0.05) is 50.3 Å². The zero-order valence-corrected chi connectivity index (χ0v) is 23.6. The van der Waals surface area contributed by atoms with E-state index >= 15 is 0 Å². The van der Waals surface area contributed by atoms with Crippen molar-refractivity contribution < 1.29 is 29.0 Å². The van der Waals surface area contributed by atoms with Gasteiger partial charge in [-0.2, -0.15) is 0 Å². The van der Waals surface area contributed by atoms with Gasteiger partial charge in [0.2, 0.25) is 0 Å². The number of hydrogen-bond donors (Lipinski definition) is 2. The van der Waals surface area contributed by atoms with E-state index in [1.165, 1.54) is 6.42 Å². The summed E-state index contributed by atoms with van der Waals surface area (Å²) in [6.45, 7) is 15.2. The molecule has 1 aromatic carbocycles. The molecule has 0 unspecified atom stereocenters. The number of rotatable bonds is 9. The van der Waals surface area contributed by atoms with E-state index in [0.717, 1.165) is 12.3 Å². The highest BCUT2D eigenvalue weighted by Gasteiger charge is 2.45. The Morgan fingerprint density at radius 1 is 0.973 bits per heavy atom. The first-order valence-corrected chi connectivity index (χ1v) is 13.2. The summed E-state index contributed by atoms with van der Waals surface area (Å²) in [4.78, 5) is 35.6. The van der Waals surface area contributed by atoms with E-state index in [0.29, 0.717) is 17.4 Å². The molecule has 6 atom stereocenters. The normalized spacial score (nSPS) is 24.4. The fourth-order valence-corrected chi connectivity index (χ4v) is 3.95. The Labute approximate surface area is 222 Å². The summed E-state index contributed by atoms with van der Waals surface area (Å²) >= 11 is 0. The molecule has 7 heteroatoms. The predicted molar refractivity (Wildman–Crippen MR) is 144 cm³/mol. The lowest BCUT2D eigenvalue weighted by Gasteiger charge is -2.27. The number of esters is 2. The Bertz CT molecular complexity index is 943. The second-order valence-corrected chi connectivity index (χ2v) is 12.3. The van der Waals surface area contributed by atoms with Crippen molar-refractivity contribution >= 4 is 17.7 Å². The SMILES string of the molecule is C[C@H]1C[C@@H]1/C=C/C(=O)OC(C)(C)C.C[C@H]1C[C@@H]1[C@H](NCC(=O)c1ccccc1)[C@@H](O)C(=O)OC(C)(C)C. The van der Waals surface area contributed by atoms with Crippen LogP contribution >= 0.6 is 0 Å². The number of carbonyl (C=O) groups excluding carboxylic acids is 3. The van der Waals surface area contributed by atoms with E-state index in [4.69, 9.17) is 9.47 Å². The average Bonchev–Trinajstić information content (AvgIpc) is 3.69. The summed E-state index contributed by atoms with van der Waals surface area (Å²) in [5, 5.41) is 13.5. The van der Waals surface area contributed by atoms with Crippen molar-refractivity contribution in [2.75, 3.05) is 6.54 Å². The second kappa shape index (κ2) is 12.8. The minimum atomic E-state index is -1.28. The van der Waals surface area contributed by atoms with Crippen molar-refractivity contribution in [3.8, 4) is 0 Å². The fourth-order valence-electron chi connectivity index (χ4n) is 3.95. The van der Waals surface area contributed by atoms with Crippen LogP contribution in [0.3, 0.4) is 0 Å². The van der Waals surface area contributed by atoms with Crippen LogP contribution in [0.1, 0.15) is 78.6 Å². The molecule has 7 nitrogen and oxygen atoms in total. The van der Waals surface area contributed by atoms with E-state index in [2.05, 4.69) is 19.2 Å². The van der Waals surface area contributed by atoms with Gasteiger partial charge in [0.05, 0.1) is 6.54 Å². The van der Waals surface area contributed by atoms with E-state index in [-0.39, 0.29) is 29.8 Å². The lowest BCUT2D eigenvalue weighted by molar-refractivity contribution is -0.167. The molecule has 1 aromatic rings. The molecule has 2 fully saturated rings. The molecule has 0 heterocycles. The maximum atomic E-state index is 12.2. The molecule has 2 aliphatic carbocycles. The molecular weight excluding hydrogens is 470 g/mol. The summed E-state index contributed by atoms with van der Waals surface area (Å²) in [7, 11) is 0. The molecule has 3 rings (SSSR count). The third-order valence-electron chi connectivity index (χ3n) is 6.27. The monoisotopic (exact) mass is 515 g/mol. The number of Topliss-reactive ketones (excluding diaryl/α,β-unsaturated/α-hetero) is 1. The minimum Gasteiger partial charge on any atom is -0.458 e. The number of nitrogens with one attached hydrogen (secondary N) is 1. The van der Waals surface area contributed by atoms with Crippen LogP contribution in [-0.4, -0.2) is 52.7 Å². The molecule has 0 spiro atoms. The zero-order chi connectivity index (χ0) is 28.0. The topological polar surface area (TPSA) is 102 Å². The van der Waals surface area contributed by atoms with Crippen LogP contribution in [0.25, 0.3) is 0 Å². The van der Waals surface area contributed by atoms with Gasteiger partial charge in [0.15, 0.2) is 11.9 Å². The first-order valence-electron chi connectivity index (χ1n) is 13.2. The quantitative estimate of drug-likeness (QED) is 0.279. The van der Waals surface area contributed by atoms with Crippen molar-refractivity contribution in [1.82, 2.24) is 5.32 Å². The molecule has 0 aromatic heterocycles. The minimum absolute atomic E-state index is 0.0645. The van der Waals surface area contributed by atoms with Gasteiger partial charge in [-0.25, -0.2) is 9.59 Å². The predicted octanol–water partition coefficient (Wildman–Crippen LogP) is 4.73. The molecule has 0 radical (unpaired) electrons. The average molecular weight is 516 g/mol. The Hall–Kier alpha value is -2.51. The van der Waals surface area contributed by atoms with Crippen molar-refractivity contribution in [2.45, 2.75) is 91.6 Å². The number of ketones is 1. The summed E-state index contributed by atoms with van der Waals surface area (Å²) < 4.78 is 10.4. The molecule has 37 heavy (non-hydrogen) atoms. The van der Waals surface area contributed by atoms with Crippen LogP contribution in [0.15, 0.2) is 42.5 Å². The molecular formula is C30H45NO6. The number of aliphatic hydroxyl groups is 1. The fraction of sp³-hybridized carbons (Fsp3) is 0.633. The number of hydrogen-bond acceptors (Lipinski definition) is 7. The maximum Gasteiger partial charge on any atom is 0.337 e. The summed E-state index contributed by atoms with van der Waals surface area (Å²) in [5.74, 6) is 1.01. The van der Waals surface area contributed by atoms with E-state index < -0.39 is 23.7 Å². The molecule has 206 valence electrons. The van der Waals surface area contributed by atoms with Crippen molar-refractivity contribution in [2.24, 2.45) is 23.7 Å². The smallest absolute Gasteiger partial charge is 0.337 e. The van der Waals surface area contributed by atoms with Gasteiger partial charge >= 0.3 is 11.9 Å². The molecule has 2 saturated carbocycles. The number of benzene rings is 1. The molecule has 0 amide bonds. The van der Waals surface area contributed by atoms with Crippen LogP contribution in [0.2, 0.25) is 0 Å². The third kappa shape index (κ3) is 11.6. The molecule has 0 saturated heterocycles. The lowest BCUT2D eigenvalue weighted by Crippen LogP contribution is -2.49. The van der Waals surface area contributed by atoms with Crippen molar-refractivity contribution in [3.63, 3.8) is 0 Å². The zero-order valence-electron chi connectivity index (χ0n) is 23.6. The van der Waals surface area contributed by atoms with Crippen molar-refractivity contribution in [1.29, 1.82) is 0 Å². The third-order valence-corrected chi connectivity index (χ3v) is 6.27. The highest BCUT2D eigenvalue weighted by molar-refractivity contribution is 5.97. The number of ether oxygens (including phenoxy) is 2. The van der Waals surface area contributed by atoms with Gasteiger partial charge in [0, 0.05) is 17.7 Å². The summed E-state index contributed by atoms with van der Waals surface area (Å²) in [6, 6.07) is 8.51. The van der Waals surface area contributed by atoms with Gasteiger partial charge in [-0.3, -0.25) is 4.79 Å². The van der Waals surface area contributed by atoms with Gasteiger partial charge in [-0.05, 0) is 78.1 Å². The highest BCUT2D eigenvalue weighted by Crippen LogP contribution is 2.42. The Morgan fingerprint density at radius 3 is 1.97 bits per heavy atom. The first kappa shape index (κ1) is 30.7. The van der Waals surface area contributed by atoms with Gasteiger partial charge < -0.3 is 19.9 Å². The molecule has 0 bridgehead atoms. The van der Waals surface area contributed by atoms with Gasteiger partial charge in [0.1, 0.15) is 11.2 Å². The number of carbonyl (C=O) groups is 3. The second-order valence-electron chi connectivity index (χ2n) is 12.3. The first-order chi connectivity index (χ1) is 17.1. The maximum absolute atomic E-state index is 12.2. The summed E-state index contributed by atoms with van der Waals surface area (Å²) in [5.41, 5.74) is -0.423. The molecule has 0 aliphatic heterocycles. The lowest BCUT2D eigenvalue weighted by atomic mass is 10.0. The number of allylic oxidation sites excluding steroid dienone is 1. The largest absolute Gasteiger partial charge is 0.458 e. The van der Waals surface area contributed by atoms with Crippen LogP contribution in [0.4, 0.5) is 0 Å². The van der Waals surface area contributed by atoms with Crippen LogP contribution in [0, 0.1) is 23.7 Å². The molecule has 2 aliphatic rings. The Balaban J connectivity index is 0.000000312. The van der Waals surface area contributed by atoms with E-state index in [1.807, 2.05) is 45.0 Å². The highest BCUT2D eigenvalue weighted by atomic mass is 16.6. The van der Waals surface area contributed by atoms with E-state index in [1.54, 1.807) is 39.0 Å². The molecule has 2 N–H and O–H groups in total. The van der Waals surface area contributed by atoms with Gasteiger partial charge in [0.25, 0.3) is 0 Å². The number of aliphatic hydroxyl groups excluding tert-OH is 1. The summed E-state index contributed by atoms with van der Waals surface area (Å²) in [6.07, 6.45) is 4.37.